The minimum atomic E-state index is -0.162. The number of aryl methyl sites for hydroxylation is 1. The standard InChI is InChI=1S/C14H17NO2S/c1-9-4-7-13(18-9)14(15)11-6-5-10(16-2)8-12(11)17-3/h4-8,14H,15H2,1-3H3. The third kappa shape index (κ3) is 2.49. The van der Waals surface area contributed by atoms with E-state index >= 15 is 0 Å². The second kappa shape index (κ2) is 5.42. The summed E-state index contributed by atoms with van der Waals surface area (Å²) < 4.78 is 10.6. The van der Waals surface area contributed by atoms with Crippen molar-refractivity contribution < 1.29 is 9.47 Å². The van der Waals surface area contributed by atoms with Gasteiger partial charge in [0.15, 0.2) is 0 Å². The van der Waals surface area contributed by atoms with Crippen molar-refractivity contribution in [1.29, 1.82) is 0 Å². The first kappa shape index (κ1) is 12.9. The lowest BCUT2D eigenvalue weighted by atomic mass is 10.0. The lowest BCUT2D eigenvalue weighted by Crippen LogP contribution is -2.11. The van der Waals surface area contributed by atoms with E-state index in [0.29, 0.717) is 0 Å². The van der Waals surface area contributed by atoms with Gasteiger partial charge in [-0.3, -0.25) is 0 Å². The van der Waals surface area contributed by atoms with Gasteiger partial charge in [-0.25, -0.2) is 0 Å². The molecule has 0 fully saturated rings. The van der Waals surface area contributed by atoms with Gasteiger partial charge in [0.1, 0.15) is 11.5 Å². The maximum Gasteiger partial charge on any atom is 0.127 e. The number of nitrogens with two attached hydrogens (primary N) is 1. The summed E-state index contributed by atoms with van der Waals surface area (Å²) in [4.78, 5) is 2.39. The van der Waals surface area contributed by atoms with Gasteiger partial charge in [-0.05, 0) is 31.2 Å². The first-order valence-electron chi connectivity index (χ1n) is 5.69. The van der Waals surface area contributed by atoms with Crippen molar-refractivity contribution in [2.45, 2.75) is 13.0 Å². The molecule has 96 valence electrons. The topological polar surface area (TPSA) is 44.5 Å². The summed E-state index contributed by atoms with van der Waals surface area (Å²) in [6.07, 6.45) is 0. The molecule has 4 heteroatoms. The highest BCUT2D eigenvalue weighted by Crippen LogP contribution is 2.34. The molecule has 0 spiro atoms. The molecule has 0 saturated heterocycles. The minimum Gasteiger partial charge on any atom is -0.497 e. The maximum absolute atomic E-state index is 6.29. The second-order valence-electron chi connectivity index (χ2n) is 4.03. The number of hydrogen-bond acceptors (Lipinski definition) is 4. The fourth-order valence-corrected chi connectivity index (χ4v) is 2.75. The minimum absolute atomic E-state index is 0.162. The van der Waals surface area contributed by atoms with Crippen molar-refractivity contribution in [3.63, 3.8) is 0 Å². The molecule has 1 heterocycles. The van der Waals surface area contributed by atoms with Crippen molar-refractivity contribution in [2.24, 2.45) is 5.73 Å². The van der Waals surface area contributed by atoms with Crippen molar-refractivity contribution in [3.8, 4) is 11.5 Å². The van der Waals surface area contributed by atoms with Gasteiger partial charge in [-0.1, -0.05) is 0 Å². The van der Waals surface area contributed by atoms with E-state index in [1.165, 1.54) is 4.88 Å². The molecule has 0 aliphatic heterocycles. The van der Waals surface area contributed by atoms with E-state index in [-0.39, 0.29) is 6.04 Å². The maximum atomic E-state index is 6.29. The van der Waals surface area contributed by atoms with E-state index in [1.54, 1.807) is 25.6 Å². The Hall–Kier alpha value is -1.52. The highest BCUT2D eigenvalue weighted by Gasteiger charge is 2.16. The molecule has 0 aliphatic carbocycles. The molecule has 1 aromatic carbocycles. The molecule has 2 aromatic rings. The van der Waals surface area contributed by atoms with E-state index in [1.807, 2.05) is 18.2 Å². The fourth-order valence-electron chi connectivity index (χ4n) is 1.85. The zero-order valence-electron chi connectivity index (χ0n) is 10.8. The number of methoxy groups -OCH3 is 2. The summed E-state index contributed by atoms with van der Waals surface area (Å²) in [7, 11) is 3.28. The third-order valence-electron chi connectivity index (χ3n) is 2.84. The Bertz CT molecular complexity index is 536. The average molecular weight is 263 g/mol. The normalized spacial score (nSPS) is 12.2. The average Bonchev–Trinajstić information content (AvgIpc) is 2.83. The first-order chi connectivity index (χ1) is 8.65. The molecule has 1 atom stereocenters. The van der Waals surface area contributed by atoms with Gasteiger partial charge < -0.3 is 15.2 Å². The van der Waals surface area contributed by atoms with Crippen LogP contribution in [-0.4, -0.2) is 14.2 Å². The molecule has 0 saturated carbocycles. The molecule has 0 radical (unpaired) electrons. The van der Waals surface area contributed by atoms with E-state index in [2.05, 4.69) is 19.1 Å². The van der Waals surface area contributed by atoms with E-state index < -0.39 is 0 Å². The highest BCUT2D eigenvalue weighted by molar-refractivity contribution is 7.12. The lowest BCUT2D eigenvalue weighted by Gasteiger charge is -2.15. The molecule has 0 bridgehead atoms. The van der Waals surface area contributed by atoms with Gasteiger partial charge in [-0.2, -0.15) is 0 Å². The quantitative estimate of drug-likeness (QED) is 0.921. The monoisotopic (exact) mass is 263 g/mol. The lowest BCUT2D eigenvalue weighted by molar-refractivity contribution is 0.390. The fraction of sp³-hybridized carbons (Fsp3) is 0.286. The summed E-state index contributed by atoms with van der Waals surface area (Å²) >= 11 is 1.71. The summed E-state index contributed by atoms with van der Waals surface area (Å²) in [6, 6.07) is 9.69. The predicted molar refractivity (Wildman–Crippen MR) is 74.6 cm³/mol. The van der Waals surface area contributed by atoms with Crippen LogP contribution >= 0.6 is 11.3 Å². The Kier molecular flexibility index (Phi) is 3.89. The van der Waals surface area contributed by atoms with E-state index in [4.69, 9.17) is 15.2 Å². The smallest absolute Gasteiger partial charge is 0.127 e. The van der Waals surface area contributed by atoms with Crippen LogP contribution in [0, 0.1) is 6.92 Å². The van der Waals surface area contributed by atoms with Gasteiger partial charge in [0.25, 0.3) is 0 Å². The van der Waals surface area contributed by atoms with E-state index in [0.717, 1.165) is 21.9 Å². The van der Waals surface area contributed by atoms with Crippen LogP contribution in [-0.2, 0) is 0 Å². The second-order valence-corrected chi connectivity index (χ2v) is 5.35. The molecule has 0 amide bonds. The summed E-state index contributed by atoms with van der Waals surface area (Å²) in [5.41, 5.74) is 7.26. The molecule has 1 unspecified atom stereocenters. The Balaban J connectivity index is 2.38. The van der Waals surface area contributed by atoms with Crippen LogP contribution in [0.4, 0.5) is 0 Å². The van der Waals surface area contributed by atoms with Crippen LogP contribution in [0.2, 0.25) is 0 Å². The summed E-state index contributed by atoms with van der Waals surface area (Å²) in [6.45, 7) is 2.08. The van der Waals surface area contributed by atoms with Crippen molar-refractivity contribution in [3.05, 3.63) is 45.6 Å². The number of hydrogen-bond donors (Lipinski definition) is 1. The van der Waals surface area contributed by atoms with Gasteiger partial charge in [-0.15, -0.1) is 11.3 Å². The molecule has 1 aromatic heterocycles. The number of benzene rings is 1. The predicted octanol–water partition coefficient (Wildman–Crippen LogP) is 3.12. The van der Waals surface area contributed by atoms with Gasteiger partial charge in [0.2, 0.25) is 0 Å². The zero-order chi connectivity index (χ0) is 13.1. The SMILES string of the molecule is COc1ccc(C(N)c2ccc(C)s2)c(OC)c1. The Labute approximate surface area is 111 Å². The molecular weight excluding hydrogens is 246 g/mol. The van der Waals surface area contributed by atoms with Crippen LogP contribution < -0.4 is 15.2 Å². The van der Waals surface area contributed by atoms with Crippen LogP contribution in [0.3, 0.4) is 0 Å². The van der Waals surface area contributed by atoms with Crippen LogP contribution in [0.5, 0.6) is 11.5 Å². The van der Waals surface area contributed by atoms with Crippen LogP contribution in [0.25, 0.3) is 0 Å². The number of ether oxygens (including phenoxy) is 2. The van der Waals surface area contributed by atoms with Gasteiger partial charge >= 0.3 is 0 Å². The largest absolute Gasteiger partial charge is 0.497 e. The van der Waals surface area contributed by atoms with Crippen molar-refractivity contribution >= 4 is 11.3 Å². The zero-order valence-corrected chi connectivity index (χ0v) is 11.6. The van der Waals surface area contributed by atoms with Gasteiger partial charge in [0.05, 0.1) is 20.3 Å². The van der Waals surface area contributed by atoms with Crippen LogP contribution in [0.1, 0.15) is 21.4 Å². The molecule has 2 rings (SSSR count). The molecule has 3 nitrogen and oxygen atoms in total. The van der Waals surface area contributed by atoms with Gasteiger partial charge in [0, 0.05) is 21.4 Å². The molecule has 2 N–H and O–H groups in total. The Morgan fingerprint density at radius 2 is 1.89 bits per heavy atom. The van der Waals surface area contributed by atoms with Crippen molar-refractivity contribution in [2.75, 3.05) is 14.2 Å². The highest BCUT2D eigenvalue weighted by atomic mass is 32.1. The Morgan fingerprint density at radius 1 is 1.11 bits per heavy atom. The number of rotatable bonds is 4. The summed E-state index contributed by atoms with van der Waals surface area (Å²) in [5.74, 6) is 1.53. The first-order valence-corrected chi connectivity index (χ1v) is 6.51. The molecular formula is C14H17NO2S. The summed E-state index contributed by atoms with van der Waals surface area (Å²) in [5, 5.41) is 0. The Morgan fingerprint density at radius 3 is 2.44 bits per heavy atom. The third-order valence-corrected chi connectivity index (χ3v) is 3.93. The number of thiophene rings is 1. The van der Waals surface area contributed by atoms with E-state index in [9.17, 15) is 0 Å². The molecule has 18 heavy (non-hydrogen) atoms. The van der Waals surface area contributed by atoms with Crippen molar-refractivity contribution in [1.82, 2.24) is 0 Å². The van der Waals surface area contributed by atoms with Crippen LogP contribution in [0.15, 0.2) is 30.3 Å². The molecule has 0 aliphatic rings.